The lowest BCUT2D eigenvalue weighted by Crippen LogP contribution is -2.48. The molecule has 0 bridgehead atoms. The molecule has 0 aliphatic carbocycles. The van der Waals surface area contributed by atoms with Crippen molar-refractivity contribution in [1.29, 1.82) is 0 Å². The normalized spacial score (nSPS) is 17.2. The van der Waals surface area contributed by atoms with Crippen molar-refractivity contribution in [2.24, 2.45) is 5.92 Å². The van der Waals surface area contributed by atoms with Crippen LogP contribution >= 0.6 is 11.3 Å². The quantitative estimate of drug-likeness (QED) is 0.730. The zero-order valence-electron chi connectivity index (χ0n) is 15.5. The monoisotopic (exact) mass is 366 g/mol. The average Bonchev–Trinajstić information content (AvgIpc) is 3.07. The fraction of sp³-hybridized carbons (Fsp3) is 0.667. The topological polar surface area (TPSA) is 64.7 Å². The number of carbonyl (C=O) groups excluding carboxylic acids is 2. The minimum Gasteiger partial charge on any atom is -0.351 e. The van der Waals surface area contributed by atoms with Gasteiger partial charge in [0.15, 0.2) is 0 Å². The third kappa shape index (κ3) is 6.76. The predicted octanol–water partition coefficient (Wildman–Crippen LogP) is 1.39. The largest absolute Gasteiger partial charge is 0.351 e. The van der Waals surface area contributed by atoms with Crippen molar-refractivity contribution >= 4 is 23.2 Å². The SMILES string of the molecule is CCN1CCN(CC(C)CNC(=O)c2ccc(CNC(C)=O)s2)CC1. The molecule has 1 aromatic rings. The van der Waals surface area contributed by atoms with Gasteiger partial charge >= 0.3 is 0 Å². The molecule has 1 aromatic heterocycles. The smallest absolute Gasteiger partial charge is 0.261 e. The first-order valence-electron chi connectivity index (χ1n) is 9.04. The summed E-state index contributed by atoms with van der Waals surface area (Å²) in [5.41, 5.74) is 0. The van der Waals surface area contributed by atoms with E-state index in [2.05, 4.69) is 34.3 Å². The van der Waals surface area contributed by atoms with Crippen LogP contribution in [0.3, 0.4) is 0 Å². The van der Waals surface area contributed by atoms with Gasteiger partial charge in [0.05, 0.1) is 11.4 Å². The molecule has 0 spiro atoms. The van der Waals surface area contributed by atoms with Crippen molar-refractivity contribution in [1.82, 2.24) is 20.4 Å². The first-order chi connectivity index (χ1) is 12.0. The van der Waals surface area contributed by atoms with E-state index in [1.807, 2.05) is 12.1 Å². The molecule has 1 aliphatic rings. The van der Waals surface area contributed by atoms with E-state index < -0.39 is 0 Å². The number of likely N-dealkylation sites (N-methyl/N-ethyl adjacent to an activating group) is 1. The molecule has 2 rings (SSSR count). The average molecular weight is 367 g/mol. The van der Waals surface area contributed by atoms with Crippen LogP contribution in [0.15, 0.2) is 12.1 Å². The van der Waals surface area contributed by atoms with Gasteiger partial charge in [0.25, 0.3) is 5.91 Å². The molecule has 1 aliphatic heterocycles. The number of nitrogens with zero attached hydrogens (tertiary/aromatic N) is 2. The minimum atomic E-state index is -0.0620. The summed E-state index contributed by atoms with van der Waals surface area (Å²) in [4.78, 5) is 29.9. The van der Waals surface area contributed by atoms with Gasteiger partial charge < -0.3 is 20.4 Å². The van der Waals surface area contributed by atoms with Crippen LogP contribution in [0.1, 0.15) is 35.3 Å². The summed E-state index contributed by atoms with van der Waals surface area (Å²) in [6, 6.07) is 3.72. The van der Waals surface area contributed by atoms with E-state index in [-0.39, 0.29) is 11.8 Å². The molecule has 1 fully saturated rings. The van der Waals surface area contributed by atoms with E-state index in [9.17, 15) is 9.59 Å². The van der Waals surface area contributed by atoms with Crippen molar-refractivity contribution in [3.05, 3.63) is 21.9 Å². The highest BCUT2D eigenvalue weighted by molar-refractivity contribution is 7.14. The summed E-state index contributed by atoms with van der Waals surface area (Å²) >= 11 is 1.43. The van der Waals surface area contributed by atoms with E-state index in [1.165, 1.54) is 18.3 Å². The Morgan fingerprint density at radius 3 is 2.48 bits per heavy atom. The molecule has 1 unspecified atom stereocenters. The number of thiophene rings is 1. The Bertz CT molecular complexity index is 567. The lowest BCUT2D eigenvalue weighted by Gasteiger charge is -2.35. The molecule has 1 atom stereocenters. The van der Waals surface area contributed by atoms with Gasteiger partial charge in [-0.1, -0.05) is 13.8 Å². The summed E-state index contributed by atoms with van der Waals surface area (Å²) < 4.78 is 0. The molecule has 0 aromatic carbocycles. The first-order valence-corrected chi connectivity index (χ1v) is 9.85. The minimum absolute atomic E-state index is 0.0262. The van der Waals surface area contributed by atoms with Gasteiger partial charge in [-0.2, -0.15) is 0 Å². The second-order valence-electron chi connectivity index (χ2n) is 6.73. The summed E-state index contributed by atoms with van der Waals surface area (Å²) in [5.74, 6) is 0.339. The van der Waals surface area contributed by atoms with Crippen LogP contribution < -0.4 is 10.6 Å². The van der Waals surface area contributed by atoms with Gasteiger partial charge in [0.1, 0.15) is 0 Å². The third-order valence-electron chi connectivity index (χ3n) is 4.49. The summed E-state index contributed by atoms with van der Waals surface area (Å²) in [6.45, 7) is 13.7. The van der Waals surface area contributed by atoms with Gasteiger partial charge in [-0.05, 0) is 24.6 Å². The maximum absolute atomic E-state index is 12.3. The van der Waals surface area contributed by atoms with Crippen LogP contribution in [-0.4, -0.2) is 67.4 Å². The van der Waals surface area contributed by atoms with Gasteiger partial charge in [-0.3, -0.25) is 9.59 Å². The maximum atomic E-state index is 12.3. The molecule has 7 heteroatoms. The van der Waals surface area contributed by atoms with E-state index >= 15 is 0 Å². The molecule has 25 heavy (non-hydrogen) atoms. The van der Waals surface area contributed by atoms with Crippen LogP contribution in [-0.2, 0) is 11.3 Å². The van der Waals surface area contributed by atoms with Gasteiger partial charge in [0.2, 0.25) is 5.91 Å². The molecule has 6 nitrogen and oxygen atoms in total. The van der Waals surface area contributed by atoms with Gasteiger partial charge in [-0.25, -0.2) is 0 Å². The summed E-state index contributed by atoms with van der Waals surface area (Å²) in [7, 11) is 0. The summed E-state index contributed by atoms with van der Waals surface area (Å²) in [6.07, 6.45) is 0. The summed E-state index contributed by atoms with van der Waals surface area (Å²) in [5, 5.41) is 5.78. The molecular formula is C18H30N4O2S. The second kappa shape index (κ2) is 9.89. The highest BCUT2D eigenvalue weighted by Crippen LogP contribution is 2.16. The number of amides is 2. The molecule has 0 radical (unpaired) electrons. The van der Waals surface area contributed by atoms with E-state index in [0.717, 1.165) is 44.1 Å². The van der Waals surface area contributed by atoms with Gasteiger partial charge in [-0.15, -0.1) is 11.3 Å². The standard InChI is InChI=1S/C18H30N4O2S/c1-4-21-7-9-22(10-8-21)13-14(2)11-20-18(24)17-6-5-16(25-17)12-19-15(3)23/h5-6,14H,4,7-13H2,1-3H3,(H,19,23)(H,20,24). The number of rotatable bonds is 8. The van der Waals surface area contributed by atoms with Crippen LogP contribution in [0.4, 0.5) is 0 Å². The number of nitrogens with one attached hydrogen (secondary N) is 2. The lowest BCUT2D eigenvalue weighted by molar-refractivity contribution is -0.119. The molecule has 2 N–H and O–H groups in total. The van der Waals surface area contributed by atoms with Crippen LogP contribution in [0, 0.1) is 5.92 Å². The van der Waals surface area contributed by atoms with Crippen molar-refractivity contribution in [2.75, 3.05) is 45.8 Å². The van der Waals surface area contributed by atoms with E-state index in [0.29, 0.717) is 23.9 Å². The first kappa shape index (κ1) is 19.9. The van der Waals surface area contributed by atoms with Crippen molar-refractivity contribution in [3.8, 4) is 0 Å². The molecule has 2 heterocycles. The van der Waals surface area contributed by atoms with Crippen molar-refractivity contribution in [3.63, 3.8) is 0 Å². The highest BCUT2D eigenvalue weighted by atomic mass is 32.1. The molecule has 1 saturated heterocycles. The maximum Gasteiger partial charge on any atom is 0.261 e. The van der Waals surface area contributed by atoms with E-state index in [1.54, 1.807) is 0 Å². The molecule has 0 saturated carbocycles. The lowest BCUT2D eigenvalue weighted by atomic mass is 10.1. The number of hydrogen-bond donors (Lipinski definition) is 2. The zero-order valence-corrected chi connectivity index (χ0v) is 16.3. The zero-order chi connectivity index (χ0) is 18.2. The van der Waals surface area contributed by atoms with Crippen LogP contribution in [0.2, 0.25) is 0 Å². The molecule has 140 valence electrons. The highest BCUT2D eigenvalue weighted by Gasteiger charge is 2.18. The van der Waals surface area contributed by atoms with Crippen molar-refractivity contribution in [2.45, 2.75) is 27.3 Å². The fourth-order valence-electron chi connectivity index (χ4n) is 2.95. The Morgan fingerprint density at radius 2 is 1.84 bits per heavy atom. The Kier molecular flexibility index (Phi) is 7.87. The number of carbonyl (C=O) groups is 2. The Balaban J connectivity index is 1.69. The van der Waals surface area contributed by atoms with Crippen LogP contribution in [0.25, 0.3) is 0 Å². The van der Waals surface area contributed by atoms with Gasteiger partial charge in [0, 0.05) is 51.1 Å². The third-order valence-corrected chi connectivity index (χ3v) is 5.57. The number of piperazine rings is 1. The Morgan fingerprint density at radius 1 is 1.16 bits per heavy atom. The molecule has 2 amide bonds. The van der Waals surface area contributed by atoms with E-state index in [4.69, 9.17) is 0 Å². The van der Waals surface area contributed by atoms with Crippen molar-refractivity contribution < 1.29 is 9.59 Å². The molecular weight excluding hydrogens is 336 g/mol. The number of hydrogen-bond acceptors (Lipinski definition) is 5. The fourth-order valence-corrected chi connectivity index (χ4v) is 3.82. The second-order valence-corrected chi connectivity index (χ2v) is 7.89. The van der Waals surface area contributed by atoms with Crippen LogP contribution in [0.5, 0.6) is 0 Å². The Labute approximate surface area is 154 Å². The predicted molar refractivity (Wildman–Crippen MR) is 102 cm³/mol. The Hall–Kier alpha value is -1.44.